The molecular formula is C14H25N3O4. The molecule has 0 unspecified atom stereocenters. The van der Waals surface area contributed by atoms with Crippen molar-refractivity contribution in [1.82, 2.24) is 15.5 Å². The molecule has 0 bridgehead atoms. The minimum Gasteiger partial charge on any atom is -0.444 e. The SMILES string of the molecule is CC(C)(C)OC(=O)NCCCC(=O)N1CCCNC(=O)C1. The predicted octanol–water partition coefficient (Wildman–Crippen LogP) is 0.640. The Morgan fingerprint density at radius 3 is 2.76 bits per heavy atom. The lowest BCUT2D eigenvalue weighted by Crippen LogP contribution is -2.38. The third-order valence-corrected chi connectivity index (χ3v) is 2.85. The van der Waals surface area contributed by atoms with Gasteiger partial charge in [0.15, 0.2) is 0 Å². The Labute approximate surface area is 125 Å². The summed E-state index contributed by atoms with van der Waals surface area (Å²) < 4.78 is 5.09. The van der Waals surface area contributed by atoms with Crippen molar-refractivity contribution in [2.45, 2.75) is 45.6 Å². The quantitative estimate of drug-likeness (QED) is 0.746. The van der Waals surface area contributed by atoms with Gasteiger partial charge in [0.1, 0.15) is 5.60 Å². The van der Waals surface area contributed by atoms with E-state index in [0.29, 0.717) is 32.5 Å². The largest absolute Gasteiger partial charge is 0.444 e. The van der Waals surface area contributed by atoms with Crippen molar-refractivity contribution in [2.75, 3.05) is 26.2 Å². The fourth-order valence-electron chi connectivity index (χ4n) is 1.92. The van der Waals surface area contributed by atoms with E-state index in [1.54, 1.807) is 25.7 Å². The first-order chi connectivity index (χ1) is 9.78. The zero-order chi connectivity index (χ0) is 15.9. The van der Waals surface area contributed by atoms with E-state index in [2.05, 4.69) is 10.6 Å². The molecule has 0 aromatic rings. The summed E-state index contributed by atoms with van der Waals surface area (Å²) in [4.78, 5) is 36.3. The summed E-state index contributed by atoms with van der Waals surface area (Å²) in [5.41, 5.74) is -0.528. The zero-order valence-corrected chi connectivity index (χ0v) is 13.0. The molecule has 0 aromatic heterocycles. The van der Waals surface area contributed by atoms with Crippen LogP contribution >= 0.6 is 0 Å². The van der Waals surface area contributed by atoms with Crippen molar-refractivity contribution in [1.29, 1.82) is 0 Å². The highest BCUT2D eigenvalue weighted by Crippen LogP contribution is 2.06. The molecule has 120 valence electrons. The highest BCUT2D eigenvalue weighted by Gasteiger charge is 2.19. The molecule has 7 heteroatoms. The Hall–Kier alpha value is -1.79. The summed E-state index contributed by atoms with van der Waals surface area (Å²) in [5, 5.41) is 5.33. The average Bonchev–Trinajstić information content (AvgIpc) is 2.57. The lowest BCUT2D eigenvalue weighted by Gasteiger charge is -2.20. The fraction of sp³-hybridized carbons (Fsp3) is 0.786. The van der Waals surface area contributed by atoms with Crippen LogP contribution in [0.25, 0.3) is 0 Å². The highest BCUT2D eigenvalue weighted by molar-refractivity contribution is 5.85. The number of alkyl carbamates (subject to hydrolysis) is 1. The summed E-state index contributed by atoms with van der Waals surface area (Å²) in [6, 6.07) is 0. The van der Waals surface area contributed by atoms with Gasteiger partial charge in [-0.15, -0.1) is 0 Å². The van der Waals surface area contributed by atoms with Crippen LogP contribution in [0.3, 0.4) is 0 Å². The van der Waals surface area contributed by atoms with Gasteiger partial charge in [-0.2, -0.15) is 0 Å². The molecule has 3 amide bonds. The lowest BCUT2D eigenvalue weighted by molar-refractivity contribution is -0.135. The van der Waals surface area contributed by atoms with Crippen LogP contribution in [0.5, 0.6) is 0 Å². The Morgan fingerprint density at radius 1 is 1.38 bits per heavy atom. The van der Waals surface area contributed by atoms with Gasteiger partial charge in [0, 0.05) is 26.1 Å². The third kappa shape index (κ3) is 7.53. The van der Waals surface area contributed by atoms with Crippen molar-refractivity contribution in [2.24, 2.45) is 0 Å². The zero-order valence-electron chi connectivity index (χ0n) is 13.0. The maximum absolute atomic E-state index is 12.0. The molecule has 0 aromatic carbocycles. The van der Waals surface area contributed by atoms with Crippen LogP contribution in [-0.2, 0) is 14.3 Å². The molecule has 1 rings (SSSR count). The first-order valence-electron chi connectivity index (χ1n) is 7.29. The molecule has 1 fully saturated rings. The number of ether oxygens (including phenoxy) is 1. The maximum atomic E-state index is 12.0. The Morgan fingerprint density at radius 2 is 2.10 bits per heavy atom. The lowest BCUT2D eigenvalue weighted by atomic mass is 10.2. The Bertz CT molecular complexity index is 390. The molecule has 0 atom stereocenters. The molecule has 0 radical (unpaired) electrons. The number of nitrogens with zero attached hydrogens (tertiary/aromatic N) is 1. The minimum atomic E-state index is -0.528. The smallest absolute Gasteiger partial charge is 0.407 e. The molecule has 7 nitrogen and oxygen atoms in total. The monoisotopic (exact) mass is 299 g/mol. The second-order valence-electron chi connectivity index (χ2n) is 6.05. The number of nitrogens with one attached hydrogen (secondary N) is 2. The van der Waals surface area contributed by atoms with E-state index in [1.807, 2.05) is 0 Å². The first-order valence-corrected chi connectivity index (χ1v) is 7.29. The molecule has 21 heavy (non-hydrogen) atoms. The van der Waals surface area contributed by atoms with Crippen LogP contribution in [-0.4, -0.2) is 54.6 Å². The van der Waals surface area contributed by atoms with E-state index >= 15 is 0 Å². The van der Waals surface area contributed by atoms with E-state index < -0.39 is 11.7 Å². The Balaban J connectivity index is 2.21. The van der Waals surface area contributed by atoms with Gasteiger partial charge in [0.25, 0.3) is 0 Å². The minimum absolute atomic E-state index is 0.0574. The molecule has 1 saturated heterocycles. The average molecular weight is 299 g/mol. The van der Waals surface area contributed by atoms with Gasteiger partial charge in [-0.3, -0.25) is 9.59 Å². The fourth-order valence-corrected chi connectivity index (χ4v) is 1.92. The molecule has 1 aliphatic rings. The molecular weight excluding hydrogens is 274 g/mol. The number of carbonyl (C=O) groups excluding carboxylic acids is 3. The van der Waals surface area contributed by atoms with Crippen LogP contribution in [0.15, 0.2) is 0 Å². The van der Waals surface area contributed by atoms with Gasteiger partial charge in [-0.25, -0.2) is 4.79 Å². The second kappa shape index (κ2) is 7.85. The third-order valence-electron chi connectivity index (χ3n) is 2.85. The van der Waals surface area contributed by atoms with Gasteiger partial charge in [-0.05, 0) is 33.6 Å². The van der Waals surface area contributed by atoms with E-state index in [-0.39, 0.29) is 18.4 Å². The summed E-state index contributed by atoms with van der Waals surface area (Å²) in [6.07, 6.45) is 1.12. The topological polar surface area (TPSA) is 87.7 Å². The predicted molar refractivity (Wildman–Crippen MR) is 77.7 cm³/mol. The molecule has 0 aliphatic carbocycles. The standard InChI is InChI=1S/C14H25N3O4/c1-14(2,3)21-13(20)16-7-4-6-12(19)17-9-5-8-15-11(18)10-17/h4-10H2,1-3H3,(H,15,18)(H,16,20). The van der Waals surface area contributed by atoms with Crippen LogP contribution in [0.4, 0.5) is 4.79 Å². The summed E-state index contributed by atoms with van der Waals surface area (Å²) in [7, 11) is 0. The molecule has 2 N–H and O–H groups in total. The van der Waals surface area contributed by atoms with Gasteiger partial charge in [0.05, 0.1) is 6.54 Å². The van der Waals surface area contributed by atoms with Crippen molar-refractivity contribution in [3.8, 4) is 0 Å². The van der Waals surface area contributed by atoms with Crippen LogP contribution in [0.1, 0.15) is 40.0 Å². The summed E-state index contributed by atoms with van der Waals surface area (Å²) in [6.45, 7) is 7.08. The van der Waals surface area contributed by atoms with Gasteiger partial charge < -0.3 is 20.3 Å². The maximum Gasteiger partial charge on any atom is 0.407 e. The molecule has 1 heterocycles. The molecule has 0 saturated carbocycles. The second-order valence-corrected chi connectivity index (χ2v) is 6.05. The molecule has 1 aliphatic heterocycles. The normalized spacial score (nSPS) is 16.0. The van der Waals surface area contributed by atoms with E-state index in [9.17, 15) is 14.4 Å². The highest BCUT2D eigenvalue weighted by atomic mass is 16.6. The number of hydrogen-bond acceptors (Lipinski definition) is 4. The van der Waals surface area contributed by atoms with E-state index in [4.69, 9.17) is 4.74 Å². The number of amides is 3. The van der Waals surface area contributed by atoms with Crippen LogP contribution < -0.4 is 10.6 Å². The molecule has 0 spiro atoms. The number of hydrogen-bond donors (Lipinski definition) is 2. The Kier molecular flexibility index (Phi) is 6.45. The van der Waals surface area contributed by atoms with Crippen molar-refractivity contribution in [3.63, 3.8) is 0 Å². The van der Waals surface area contributed by atoms with Gasteiger partial charge in [0.2, 0.25) is 11.8 Å². The van der Waals surface area contributed by atoms with Gasteiger partial charge >= 0.3 is 6.09 Å². The summed E-state index contributed by atoms with van der Waals surface area (Å²) in [5.74, 6) is -0.175. The van der Waals surface area contributed by atoms with Crippen molar-refractivity contribution in [3.05, 3.63) is 0 Å². The summed E-state index contributed by atoms with van der Waals surface area (Å²) >= 11 is 0. The van der Waals surface area contributed by atoms with Gasteiger partial charge in [-0.1, -0.05) is 0 Å². The van der Waals surface area contributed by atoms with E-state index in [1.165, 1.54) is 0 Å². The first kappa shape index (κ1) is 17.3. The van der Waals surface area contributed by atoms with Crippen molar-refractivity contribution >= 4 is 17.9 Å². The number of rotatable bonds is 4. The van der Waals surface area contributed by atoms with Crippen LogP contribution in [0, 0.1) is 0 Å². The van der Waals surface area contributed by atoms with Crippen molar-refractivity contribution < 1.29 is 19.1 Å². The number of carbonyl (C=O) groups is 3. The van der Waals surface area contributed by atoms with E-state index in [0.717, 1.165) is 6.42 Å². The van der Waals surface area contributed by atoms with Crippen LogP contribution in [0.2, 0.25) is 0 Å².